The van der Waals surface area contributed by atoms with Crippen LogP contribution < -0.4 is 5.32 Å². The van der Waals surface area contributed by atoms with E-state index in [0.29, 0.717) is 6.54 Å². The van der Waals surface area contributed by atoms with Gasteiger partial charge < -0.3 is 15.2 Å². The number of carbonyl (C=O) groups excluding carboxylic acids is 1. The zero-order chi connectivity index (χ0) is 13.5. The monoisotopic (exact) mass is 263 g/mol. The number of hydrogen-bond acceptors (Lipinski definition) is 3. The van der Waals surface area contributed by atoms with Crippen molar-refractivity contribution < 1.29 is 14.6 Å². The van der Waals surface area contributed by atoms with E-state index >= 15 is 0 Å². The molecule has 2 rings (SSSR count). The predicted octanol–water partition coefficient (Wildman–Crippen LogP) is 1.62. The lowest BCUT2D eigenvalue weighted by Crippen LogP contribution is -2.31. The zero-order valence-electron chi connectivity index (χ0n) is 11.0. The summed E-state index contributed by atoms with van der Waals surface area (Å²) in [6, 6.07) is 9.80. The van der Waals surface area contributed by atoms with Crippen molar-refractivity contribution in [2.75, 3.05) is 6.61 Å². The Bertz CT molecular complexity index is 386. The van der Waals surface area contributed by atoms with Crippen molar-refractivity contribution in [3.8, 4) is 0 Å². The van der Waals surface area contributed by atoms with Crippen LogP contribution in [0.3, 0.4) is 0 Å². The SMILES string of the molecule is O=C(COC1CCC(O)CC1)NCc1ccccc1. The lowest BCUT2D eigenvalue weighted by Gasteiger charge is -2.25. The second-order valence-electron chi connectivity index (χ2n) is 5.00. The molecule has 0 aliphatic heterocycles. The summed E-state index contributed by atoms with van der Waals surface area (Å²) in [7, 11) is 0. The fourth-order valence-electron chi connectivity index (χ4n) is 2.25. The summed E-state index contributed by atoms with van der Waals surface area (Å²) in [6.07, 6.45) is 3.16. The van der Waals surface area contributed by atoms with Crippen LogP contribution >= 0.6 is 0 Å². The number of hydrogen-bond donors (Lipinski definition) is 2. The molecule has 4 heteroatoms. The summed E-state index contributed by atoms with van der Waals surface area (Å²) >= 11 is 0. The van der Waals surface area contributed by atoms with E-state index in [-0.39, 0.29) is 24.7 Å². The summed E-state index contributed by atoms with van der Waals surface area (Å²) in [5.74, 6) is -0.0880. The summed E-state index contributed by atoms with van der Waals surface area (Å²) in [5.41, 5.74) is 1.08. The van der Waals surface area contributed by atoms with Gasteiger partial charge in [0.1, 0.15) is 6.61 Å². The van der Waals surface area contributed by atoms with Crippen LogP contribution in [-0.4, -0.2) is 29.8 Å². The molecule has 1 saturated carbocycles. The van der Waals surface area contributed by atoms with Gasteiger partial charge in [-0.05, 0) is 31.2 Å². The molecule has 0 heterocycles. The van der Waals surface area contributed by atoms with Crippen LogP contribution in [0.4, 0.5) is 0 Å². The van der Waals surface area contributed by atoms with Crippen LogP contribution in [0.2, 0.25) is 0 Å². The first kappa shape index (κ1) is 14.0. The largest absolute Gasteiger partial charge is 0.393 e. The van der Waals surface area contributed by atoms with Gasteiger partial charge in [0, 0.05) is 6.54 Å². The smallest absolute Gasteiger partial charge is 0.246 e. The summed E-state index contributed by atoms with van der Waals surface area (Å²) < 4.78 is 5.56. The number of amides is 1. The first-order valence-electron chi connectivity index (χ1n) is 6.84. The summed E-state index contributed by atoms with van der Waals surface area (Å²) in [5, 5.41) is 12.2. The molecule has 19 heavy (non-hydrogen) atoms. The fourth-order valence-corrected chi connectivity index (χ4v) is 2.25. The van der Waals surface area contributed by atoms with E-state index in [2.05, 4.69) is 5.32 Å². The van der Waals surface area contributed by atoms with Gasteiger partial charge in [0.05, 0.1) is 12.2 Å². The van der Waals surface area contributed by atoms with E-state index in [1.54, 1.807) is 0 Å². The fraction of sp³-hybridized carbons (Fsp3) is 0.533. The average Bonchev–Trinajstić information content (AvgIpc) is 2.45. The summed E-state index contributed by atoms with van der Waals surface area (Å²) in [4.78, 5) is 11.6. The van der Waals surface area contributed by atoms with Crippen LogP contribution in [0.25, 0.3) is 0 Å². The Balaban J connectivity index is 1.62. The van der Waals surface area contributed by atoms with Crippen molar-refractivity contribution in [1.82, 2.24) is 5.32 Å². The first-order chi connectivity index (χ1) is 9.24. The van der Waals surface area contributed by atoms with Crippen molar-refractivity contribution in [1.29, 1.82) is 0 Å². The summed E-state index contributed by atoms with van der Waals surface area (Å²) in [6.45, 7) is 0.639. The first-order valence-corrected chi connectivity index (χ1v) is 6.84. The molecule has 0 unspecified atom stereocenters. The molecule has 1 aliphatic rings. The maximum Gasteiger partial charge on any atom is 0.246 e. The molecule has 1 aromatic carbocycles. The Morgan fingerprint density at radius 2 is 1.89 bits per heavy atom. The minimum atomic E-state index is -0.188. The van der Waals surface area contributed by atoms with Crippen molar-refractivity contribution in [3.05, 3.63) is 35.9 Å². The number of ether oxygens (including phenoxy) is 1. The maximum absolute atomic E-state index is 11.6. The van der Waals surface area contributed by atoms with Crippen LogP contribution in [-0.2, 0) is 16.1 Å². The van der Waals surface area contributed by atoms with E-state index < -0.39 is 0 Å². The van der Waals surface area contributed by atoms with Crippen LogP contribution in [0.1, 0.15) is 31.2 Å². The Morgan fingerprint density at radius 3 is 2.58 bits per heavy atom. The van der Waals surface area contributed by atoms with Gasteiger partial charge in [-0.15, -0.1) is 0 Å². The second-order valence-corrected chi connectivity index (χ2v) is 5.00. The highest BCUT2D eigenvalue weighted by atomic mass is 16.5. The standard InChI is InChI=1S/C15H21NO3/c17-13-6-8-14(9-7-13)19-11-15(18)16-10-12-4-2-1-3-5-12/h1-5,13-14,17H,6-11H2,(H,16,18). The Kier molecular flexibility index (Phi) is 5.36. The van der Waals surface area contributed by atoms with Crippen LogP contribution in [0, 0.1) is 0 Å². The number of aliphatic hydroxyl groups excluding tert-OH is 1. The zero-order valence-corrected chi connectivity index (χ0v) is 11.0. The lowest BCUT2D eigenvalue weighted by atomic mass is 9.95. The molecule has 0 saturated heterocycles. The molecule has 0 radical (unpaired) electrons. The number of benzene rings is 1. The Labute approximate surface area is 113 Å². The van der Waals surface area contributed by atoms with Crippen molar-refractivity contribution in [2.45, 2.75) is 44.4 Å². The van der Waals surface area contributed by atoms with Crippen molar-refractivity contribution >= 4 is 5.91 Å². The number of nitrogens with one attached hydrogen (secondary N) is 1. The van der Waals surface area contributed by atoms with E-state index in [1.165, 1.54) is 0 Å². The molecule has 0 atom stereocenters. The molecule has 4 nitrogen and oxygen atoms in total. The number of aliphatic hydroxyl groups is 1. The topological polar surface area (TPSA) is 58.6 Å². The van der Waals surface area contributed by atoms with Gasteiger partial charge in [0.2, 0.25) is 5.91 Å². The highest BCUT2D eigenvalue weighted by Crippen LogP contribution is 2.20. The Hall–Kier alpha value is -1.39. The van der Waals surface area contributed by atoms with Gasteiger partial charge in [-0.3, -0.25) is 4.79 Å². The minimum absolute atomic E-state index is 0.0880. The third kappa shape index (κ3) is 5.01. The molecule has 1 aliphatic carbocycles. The molecule has 0 spiro atoms. The Morgan fingerprint density at radius 1 is 1.21 bits per heavy atom. The van der Waals surface area contributed by atoms with Gasteiger partial charge in [-0.2, -0.15) is 0 Å². The molecule has 1 fully saturated rings. The lowest BCUT2D eigenvalue weighted by molar-refractivity contribution is -0.129. The van der Waals surface area contributed by atoms with E-state index in [1.807, 2.05) is 30.3 Å². The van der Waals surface area contributed by atoms with Crippen LogP contribution in [0.5, 0.6) is 0 Å². The van der Waals surface area contributed by atoms with E-state index in [9.17, 15) is 9.90 Å². The predicted molar refractivity (Wildman–Crippen MR) is 72.5 cm³/mol. The van der Waals surface area contributed by atoms with E-state index in [4.69, 9.17) is 4.74 Å². The normalized spacial score (nSPS) is 23.0. The van der Waals surface area contributed by atoms with Gasteiger partial charge >= 0.3 is 0 Å². The number of carbonyl (C=O) groups is 1. The molecule has 2 N–H and O–H groups in total. The molecule has 0 bridgehead atoms. The number of rotatable bonds is 5. The van der Waals surface area contributed by atoms with Gasteiger partial charge in [0.25, 0.3) is 0 Å². The average molecular weight is 263 g/mol. The third-order valence-corrected chi connectivity index (χ3v) is 3.43. The quantitative estimate of drug-likeness (QED) is 0.848. The minimum Gasteiger partial charge on any atom is -0.393 e. The van der Waals surface area contributed by atoms with Gasteiger partial charge in [-0.25, -0.2) is 0 Å². The molecule has 1 aromatic rings. The molecular weight excluding hydrogens is 242 g/mol. The van der Waals surface area contributed by atoms with Crippen molar-refractivity contribution in [2.24, 2.45) is 0 Å². The van der Waals surface area contributed by atoms with Crippen molar-refractivity contribution in [3.63, 3.8) is 0 Å². The molecule has 1 amide bonds. The highest BCUT2D eigenvalue weighted by Gasteiger charge is 2.20. The maximum atomic E-state index is 11.6. The van der Waals surface area contributed by atoms with Crippen LogP contribution in [0.15, 0.2) is 30.3 Å². The van der Waals surface area contributed by atoms with E-state index in [0.717, 1.165) is 31.2 Å². The molecular formula is C15H21NO3. The second kappa shape index (κ2) is 7.26. The third-order valence-electron chi connectivity index (χ3n) is 3.43. The van der Waals surface area contributed by atoms with Gasteiger partial charge in [-0.1, -0.05) is 30.3 Å². The molecule has 0 aromatic heterocycles. The molecule has 104 valence electrons. The van der Waals surface area contributed by atoms with Gasteiger partial charge in [0.15, 0.2) is 0 Å². The highest BCUT2D eigenvalue weighted by molar-refractivity contribution is 5.77.